The fourth-order valence-electron chi connectivity index (χ4n) is 2.85. The summed E-state index contributed by atoms with van der Waals surface area (Å²) in [5.41, 5.74) is 2.82. The smallest absolute Gasteiger partial charge is 0.226 e. The van der Waals surface area contributed by atoms with Gasteiger partial charge in [-0.2, -0.15) is 0 Å². The number of thiazole rings is 1. The molecule has 2 aromatic carbocycles. The molecule has 142 valence electrons. The third-order valence-electron chi connectivity index (χ3n) is 4.18. The Morgan fingerprint density at radius 2 is 2.04 bits per heavy atom. The molecular weight excluding hydrogens is 377 g/mol. The highest BCUT2D eigenvalue weighted by Crippen LogP contribution is 2.23. The Labute approximate surface area is 165 Å². The average Bonchev–Trinajstić information content (AvgIpc) is 3.28. The third-order valence-corrected chi connectivity index (χ3v) is 5.07. The lowest BCUT2D eigenvalue weighted by Crippen LogP contribution is -2.29. The van der Waals surface area contributed by atoms with E-state index in [-0.39, 0.29) is 24.8 Å². The zero-order valence-corrected chi connectivity index (χ0v) is 15.8. The number of hydrogen-bond donors (Lipinski definition) is 1. The summed E-state index contributed by atoms with van der Waals surface area (Å²) in [5.74, 6) is -0.00336. The Bertz CT molecular complexity index is 1090. The molecule has 0 spiro atoms. The van der Waals surface area contributed by atoms with E-state index < -0.39 is 0 Å². The highest BCUT2D eigenvalue weighted by atomic mass is 32.1. The minimum Gasteiger partial charge on any atom is -0.492 e. The number of fused-ring (bicyclic) bond motifs is 1. The number of rotatable bonds is 7. The molecule has 4 aromatic rings. The number of hydrogen-bond acceptors (Lipinski definition) is 4. The lowest BCUT2D eigenvalue weighted by atomic mass is 10.2. The van der Waals surface area contributed by atoms with E-state index in [1.165, 1.54) is 23.5 Å². The van der Waals surface area contributed by atoms with Gasteiger partial charge in [0.2, 0.25) is 5.91 Å². The van der Waals surface area contributed by atoms with Gasteiger partial charge in [-0.15, -0.1) is 11.3 Å². The molecular formula is C21H18FN3O2S. The van der Waals surface area contributed by atoms with Gasteiger partial charge in [0.05, 0.1) is 18.7 Å². The zero-order valence-electron chi connectivity index (χ0n) is 15.0. The summed E-state index contributed by atoms with van der Waals surface area (Å²) < 4.78 is 20.5. The Balaban J connectivity index is 1.33. The first-order valence-electron chi connectivity index (χ1n) is 8.85. The highest BCUT2D eigenvalue weighted by Gasteiger charge is 2.12. The maximum Gasteiger partial charge on any atom is 0.226 e. The van der Waals surface area contributed by atoms with E-state index >= 15 is 0 Å². The van der Waals surface area contributed by atoms with Crippen LogP contribution >= 0.6 is 11.3 Å². The van der Waals surface area contributed by atoms with Crippen LogP contribution in [-0.4, -0.2) is 28.4 Å². The van der Waals surface area contributed by atoms with Crippen LogP contribution in [0.5, 0.6) is 5.75 Å². The number of aromatic nitrogens is 2. The second-order valence-electron chi connectivity index (χ2n) is 6.20. The molecule has 5 nitrogen and oxygen atoms in total. The van der Waals surface area contributed by atoms with E-state index in [1.807, 2.05) is 46.3 Å². The number of ether oxygens (including phenoxy) is 1. The van der Waals surface area contributed by atoms with Gasteiger partial charge in [0.25, 0.3) is 0 Å². The second-order valence-corrected chi connectivity index (χ2v) is 7.04. The fraction of sp³-hybridized carbons (Fsp3) is 0.143. The van der Waals surface area contributed by atoms with Gasteiger partial charge < -0.3 is 10.1 Å². The monoisotopic (exact) mass is 395 g/mol. The molecule has 2 aromatic heterocycles. The van der Waals surface area contributed by atoms with Crippen LogP contribution < -0.4 is 10.1 Å². The minimum atomic E-state index is -0.349. The number of carbonyl (C=O) groups is 1. The Hall–Kier alpha value is -3.19. The first kappa shape index (κ1) is 18.2. The number of nitrogens with one attached hydrogen (secondary N) is 1. The van der Waals surface area contributed by atoms with Crippen molar-refractivity contribution in [1.82, 2.24) is 14.7 Å². The van der Waals surface area contributed by atoms with E-state index in [9.17, 15) is 9.18 Å². The van der Waals surface area contributed by atoms with Crippen molar-refractivity contribution in [3.05, 3.63) is 77.7 Å². The van der Waals surface area contributed by atoms with Crippen LogP contribution in [-0.2, 0) is 11.2 Å². The Morgan fingerprint density at radius 3 is 2.86 bits per heavy atom. The summed E-state index contributed by atoms with van der Waals surface area (Å²) in [7, 11) is 0. The number of amides is 1. The molecule has 7 heteroatoms. The molecule has 0 bridgehead atoms. The summed E-state index contributed by atoms with van der Waals surface area (Å²) in [6.45, 7) is 0.624. The van der Waals surface area contributed by atoms with Crippen LogP contribution in [0.3, 0.4) is 0 Å². The molecule has 0 saturated carbocycles. The van der Waals surface area contributed by atoms with Crippen molar-refractivity contribution in [1.29, 1.82) is 0 Å². The van der Waals surface area contributed by atoms with Crippen LogP contribution in [0, 0.1) is 5.82 Å². The van der Waals surface area contributed by atoms with Gasteiger partial charge in [0, 0.05) is 28.9 Å². The van der Waals surface area contributed by atoms with Gasteiger partial charge in [0.1, 0.15) is 18.2 Å². The van der Waals surface area contributed by atoms with Gasteiger partial charge in [-0.3, -0.25) is 9.20 Å². The van der Waals surface area contributed by atoms with Gasteiger partial charge >= 0.3 is 0 Å². The SMILES string of the molecule is O=C(Cc1csc2nc(-c3ccccc3)cn12)NCCOc1cccc(F)c1. The van der Waals surface area contributed by atoms with Crippen molar-refractivity contribution in [3.63, 3.8) is 0 Å². The maximum atomic E-state index is 13.1. The third kappa shape index (κ3) is 4.20. The first-order valence-corrected chi connectivity index (χ1v) is 9.73. The van der Waals surface area contributed by atoms with Crippen molar-refractivity contribution in [2.75, 3.05) is 13.2 Å². The standard InChI is InChI=1S/C21H18FN3O2S/c22-16-7-4-8-18(11-16)27-10-9-23-20(26)12-17-14-28-21-24-19(13-25(17)21)15-5-2-1-3-6-15/h1-8,11,13-14H,9-10,12H2,(H,23,26). The number of carbonyl (C=O) groups excluding carboxylic acids is 1. The van der Waals surface area contributed by atoms with E-state index in [0.717, 1.165) is 21.9 Å². The lowest BCUT2D eigenvalue weighted by Gasteiger charge is -2.07. The molecule has 2 heterocycles. The average molecular weight is 395 g/mol. The van der Waals surface area contributed by atoms with E-state index in [4.69, 9.17) is 4.74 Å². The van der Waals surface area contributed by atoms with Gasteiger partial charge in [0.15, 0.2) is 4.96 Å². The van der Waals surface area contributed by atoms with Crippen LogP contribution in [0.25, 0.3) is 16.2 Å². The highest BCUT2D eigenvalue weighted by molar-refractivity contribution is 7.15. The summed E-state index contributed by atoms with van der Waals surface area (Å²) in [5, 5.41) is 4.77. The van der Waals surface area contributed by atoms with Crippen LogP contribution in [0.15, 0.2) is 66.2 Å². The second kappa shape index (κ2) is 8.22. The predicted octanol–water partition coefficient (Wildman–Crippen LogP) is 3.94. The minimum absolute atomic E-state index is 0.0995. The largest absolute Gasteiger partial charge is 0.492 e. The van der Waals surface area contributed by atoms with Crippen molar-refractivity contribution < 1.29 is 13.9 Å². The normalized spacial score (nSPS) is 10.9. The van der Waals surface area contributed by atoms with Crippen molar-refractivity contribution >= 4 is 22.2 Å². The summed E-state index contributed by atoms with van der Waals surface area (Å²) in [6, 6.07) is 15.9. The molecule has 0 aliphatic heterocycles. The Morgan fingerprint density at radius 1 is 1.18 bits per heavy atom. The summed E-state index contributed by atoms with van der Waals surface area (Å²) >= 11 is 1.51. The molecule has 0 aliphatic carbocycles. The van der Waals surface area contributed by atoms with Crippen LogP contribution in [0.2, 0.25) is 0 Å². The molecule has 0 unspecified atom stereocenters. The quantitative estimate of drug-likeness (QED) is 0.482. The Kier molecular flexibility index (Phi) is 5.34. The first-order chi connectivity index (χ1) is 13.7. The predicted molar refractivity (Wildman–Crippen MR) is 107 cm³/mol. The van der Waals surface area contributed by atoms with Crippen molar-refractivity contribution in [2.45, 2.75) is 6.42 Å². The molecule has 0 aliphatic rings. The molecule has 4 rings (SSSR count). The number of imidazole rings is 1. The van der Waals surface area contributed by atoms with E-state index in [1.54, 1.807) is 12.1 Å². The van der Waals surface area contributed by atoms with Crippen LogP contribution in [0.4, 0.5) is 4.39 Å². The molecule has 0 radical (unpaired) electrons. The number of nitrogens with zero attached hydrogens (tertiary/aromatic N) is 2. The van der Waals surface area contributed by atoms with E-state index in [2.05, 4.69) is 10.3 Å². The van der Waals surface area contributed by atoms with E-state index in [0.29, 0.717) is 12.3 Å². The molecule has 0 fully saturated rings. The van der Waals surface area contributed by atoms with Gasteiger partial charge in [-0.05, 0) is 12.1 Å². The van der Waals surface area contributed by atoms with Crippen LogP contribution in [0.1, 0.15) is 5.69 Å². The maximum absolute atomic E-state index is 13.1. The summed E-state index contributed by atoms with van der Waals surface area (Å²) in [6.07, 6.45) is 2.21. The van der Waals surface area contributed by atoms with Gasteiger partial charge in [-0.25, -0.2) is 9.37 Å². The van der Waals surface area contributed by atoms with Gasteiger partial charge in [-0.1, -0.05) is 36.4 Å². The molecule has 28 heavy (non-hydrogen) atoms. The van der Waals surface area contributed by atoms with Crippen molar-refractivity contribution in [3.8, 4) is 17.0 Å². The zero-order chi connectivity index (χ0) is 19.3. The number of benzene rings is 2. The summed E-state index contributed by atoms with van der Waals surface area (Å²) in [4.78, 5) is 17.7. The number of halogens is 1. The fourth-order valence-corrected chi connectivity index (χ4v) is 3.72. The van der Waals surface area contributed by atoms with Crippen molar-refractivity contribution in [2.24, 2.45) is 0 Å². The molecule has 1 amide bonds. The molecule has 1 N–H and O–H groups in total. The lowest BCUT2D eigenvalue weighted by molar-refractivity contribution is -0.120. The topological polar surface area (TPSA) is 55.6 Å². The molecule has 0 atom stereocenters. The molecule has 0 saturated heterocycles.